The van der Waals surface area contributed by atoms with Gasteiger partial charge in [0, 0.05) is 12.5 Å². The van der Waals surface area contributed by atoms with Gasteiger partial charge in [0.05, 0.1) is 12.0 Å². The summed E-state index contributed by atoms with van der Waals surface area (Å²) in [7, 11) is 0. The van der Waals surface area contributed by atoms with Crippen molar-refractivity contribution < 1.29 is 0 Å². The highest BCUT2D eigenvalue weighted by molar-refractivity contribution is 5.40. The molecule has 3 nitrogen and oxygen atoms in total. The van der Waals surface area contributed by atoms with Crippen LogP contribution in [0.3, 0.4) is 0 Å². The van der Waals surface area contributed by atoms with Gasteiger partial charge in [-0.3, -0.25) is 0 Å². The molecule has 0 unspecified atom stereocenters. The number of aromatic nitrogens is 2. The van der Waals surface area contributed by atoms with Crippen LogP contribution in [0.25, 0.3) is 0 Å². The SMILES string of the molecule is CC(C)Cn1cnc(C2C3CC4CC(C3)CC2C4)c1N. The Labute approximate surface area is 122 Å². The molecule has 0 saturated heterocycles. The Morgan fingerprint density at radius 3 is 2.30 bits per heavy atom. The summed E-state index contributed by atoms with van der Waals surface area (Å²) in [5, 5.41) is 0. The second-order valence-corrected chi connectivity index (χ2v) is 8.02. The normalized spacial score (nSPS) is 38.9. The first-order valence-electron chi connectivity index (χ1n) is 8.42. The molecular formula is C17H27N3. The third kappa shape index (κ3) is 1.89. The van der Waals surface area contributed by atoms with Crippen molar-refractivity contribution in [3.05, 3.63) is 12.0 Å². The molecule has 4 aliphatic carbocycles. The quantitative estimate of drug-likeness (QED) is 0.913. The monoisotopic (exact) mass is 273 g/mol. The van der Waals surface area contributed by atoms with Crippen LogP contribution in [-0.4, -0.2) is 9.55 Å². The van der Waals surface area contributed by atoms with Gasteiger partial charge in [-0.15, -0.1) is 0 Å². The zero-order valence-corrected chi connectivity index (χ0v) is 12.8. The summed E-state index contributed by atoms with van der Waals surface area (Å²) in [6, 6.07) is 0. The van der Waals surface area contributed by atoms with Crippen LogP contribution in [0.5, 0.6) is 0 Å². The van der Waals surface area contributed by atoms with Crippen LogP contribution in [0.1, 0.15) is 57.6 Å². The van der Waals surface area contributed by atoms with E-state index in [4.69, 9.17) is 10.7 Å². The van der Waals surface area contributed by atoms with E-state index in [2.05, 4.69) is 18.4 Å². The van der Waals surface area contributed by atoms with E-state index in [0.717, 1.165) is 36.0 Å². The summed E-state index contributed by atoms with van der Waals surface area (Å²) >= 11 is 0. The summed E-state index contributed by atoms with van der Waals surface area (Å²) < 4.78 is 2.17. The summed E-state index contributed by atoms with van der Waals surface area (Å²) in [5.74, 6) is 6.03. The van der Waals surface area contributed by atoms with E-state index in [1.807, 2.05) is 6.33 Å². The topological polar surface area (TPSA) is 43.8 Å². The molecule has 4 aliphatic rings. The molecule has 110 valence electrons. The van der Waals surface area contributed by atoms with E-state index in [1.165, 1.54) is 37.8 Å². The average molecular weight is 273 g/mol. The number of nitrogens with two attached hydrogens (primary N) is 1. The van der Waals surface area contributed by atoms with E-state index >= 15 is 0 Å². The van der Waals surface area contributed by atoms with Crippen LogP contribution in [0.4, 0.5) is 5.82 Å². The van der Waals surface area contributed by atoms with Crippen molar-refractivity contribution in [2.45, 2.75) is 58.4 Å². The van der Waals surface area contributed by atoms with E-state index in [1.54, 1.807) is 0 Å². The van der Waals surface area contributed by atoms with Gasteiger partial charge in [-0.05, 0) is 61.7 Å². The Morgan fingerprint density at radius 1 is 1.15 bits per heavy atom. The molecule has 4 fully saturated rings. The van der Waals surface area contributed by atoms with Crippen molar-refractivity contribution in [3.8, 4) is 0 Å². The fourth-order valence-electron chi connectivity index (χ4n) is 5.57. The molecule has 0 aromatic carbocycles. The van der Waals surface area contributed by atoms with Crippen molar-refractivity contribution >= 4 is 5.82 Å². The Morgan fingerprint density at radius 2 is 1.75 bits per heavy atom. The van der Waals surface area contributed by atoms with E-state index in [0.29, 0.717) is 11.8 Å². The van der Waals surface area contributed by atoms with Crippen LogP contribution >= 0.6 is 0 Å². The smallest absolute Gasteiger partial charge is 0.126 e. The molecule has 4 bridgehead atoms. The maximum Gasteiger partial charge on any atom is 0.126 e. The largest absolute Gasteiger partial charge is 0.384 e. The summed E-state index contributed by atoms with van der Waals surface area (Å²) in [6.45, 7) is 5.47. The van der Waals surface area contributed by atoms with Gasteiger partial charge in [-0.1, -0.05) is 13.8 Å². The number of imidazole rings is 1. The number of hydrogen-bond acceptors (Lipinski definition) is 2. The fourth-order valence-corrected chi connectivity index (χ4v) is 5.57. The average Bonchev–Trinajstić information content (AvgIpc) is 2.70. The minimum Gasteiger partial charge on any atom is -0.384 e. The molecule has 1 aromatic heterocycles. The van der Waals surface area contributed by atoms with Crippen LogP contribution in [0.15, 0.2) is 6.33 Å². The molecule has 0 amide bonds. The van der Waals surface area contributed by atoms with Crippen molar-refractivity contribution in [2.75, 3.05) is 5.73 Å². The van der Waals surface area contributed by atoms with Crippen molar-refractivity contribution in [1.29, 1.82) is 0 Å². The Balaban J connectivity index is 1.63. The summed E-state index contributed by atoms with van der Waals surface area (Å²) in [4.78, 5) is 4.75. The highest BCUT2D eigenvalue weighted by atomic mass is 15.1. The van der Waals surface area contributed by atoms with E-state index in [-0.39, 0.29) is 0 Å². The maximum absolute atomic E-state index is 6.43. The lowest BCUT2D eigenvalue weighted by molar-refractivity contribution is -0.00380. The van der Waals surface area contributed by atoms with Crippen molar-refractivity contribution in [1.82, 2.24) is 9.55 Å². The highest BCUT2D eigenvalue weighted by Crippen LogP contribution is 2.60. The van der Waals surface area contributed by atoms with Gasteiger partial charge < -0.3 is 10.3 Å². The molecule has 3 heteroatoms. The minimum absolute atomic E-state index is 0.623. The lowest BCUT2D eigenvalue weighted by atomic mass is 9.51. The predicted molar refractivity (Wildman–Crippen MR) is 81.3 cm³/mol. The number of hydrogen-bond donors (Lipinski definition) is 1. The first-order chi connectivity index (χ1) is 9.61. The highest BCUT2D eigenvalue weighted by Gasteiger charge is 2.49. The molecule has 20 heavy (non-hydrogen) atoms. The standard InChI is InChI=1S/C17H27N3/c1-10(2)8-20-9-19-16(17(20)18)15-13-4-11-3-12(6-13)7-14(15)5-11/h9-15H,3-8,18H2,1-2H3. The third-order valence-electron chi connectivity index (χ3n) is 6.01. The molecule has 0 spiro atoms. The molecule has 4 saturated carbocycles. The Kier molecular flexibility index (Phi) is 2.87. The molecule has 1 heterocycles. The fraction of sp³-hybridized carbons (Fsp3) is 0.824. The molecule has 5 rings (SSSR count). The Bertz CT molecular complexity index is 474. The number of rotatable bonds is 3. The zero-order valence-electron chi connectivity index (χ0n) is 12.8. The number of anilines is 1. The van der Waals surface area contributed by atoms with Gasteiger partial charge in [0.15, 0.2) is 0 Å². The second kappa shape index (κ2) is 4.51. The molecule has 0 atom stereocenters. The lowest BCUT2D eigenvalue weighted by Crippen LogP contribution is -2.44. The number of nitrogens with zero attached hydrogens (tertiary/aromatic N) is 2. The van der Waals surface area contributed by atoms with Crippen LogP contribution in [0, 0.1) is 29.6 Å². The second-order valence-electron chi connectivity index (χ2n) is 8.02. The van der Waals surface area contributed by atoms with Crippen LogP contribution in [-0.2, 0) is 6.54 Å². The minimum atomic E-state index is 0.623. The molecule has 0 aliphatic heterocycles. The predicted octanol–water partition coefficient (Wildman–Crippen LogP) is 3.66. The van der Waals surface area contributed by atoms with Gasteiger partial charge in [-0.25, -0.2) is 4.98 Å². The Hall–Kier alpha value is -0.990. The molecule has 2 N–H and O–H groups in total. The number of nitrogen functional groups attached to an aromatic ring is 1. The molecular weight excluding hydrogens is 246 g/mol. The van der Waals surface area contributed by atoms with Gasteiger partial charge in [0.1, 0.15) is 5.82 Å². The third-order valence-corrected chi connectivity index (χ3v) is 6.01. The van der Waals surface area contributed by atoms with Gasteiger partial charge in [0.2, 0.25) is 0 Å². The van der Waals surface area contributed by atoms with Crippen molar-refractivity contribution in [3.63, 3.8) is 0 Å². The van der Waals surface area contributed by atoms with Gasteiger partial charge in [-0.2, -0.15) is 0 Å². The van der Waals surface area contributed by atoms with Crippen LogP contribution < -0.4 is 5.73 Å². The van der Waals surface area contributed by atoms with E-state index < -0.39 is 0 Å². The first-order valence-corrected chi connectivity index (χ1v) is 8.42. The van der Waals surface area contributed by atoms with Crippen molar-refractivity contribution in [2.24, 2.45) is 29.6 Å². The van der Waals surface area contributed by atoms with E-state index in [9.17, 15) is 0 Å². The first kappa shape index (κ1) is 12.7. The lowest BCUT2D eigenvalue weighted by Gasteiger charge is -2.54. The molecule has 1 aromatic rings. The molecule has 0 radical (unpaired) electrons. The van der Waals surface area contributed by atoms with Crippen LogP contribution in [0.2, 0.25) is 0 Å². The summed E-state index contributed by atoms with van der Waals surface area (Å²) in [5.41, 5.74) is 7.67. The van der Waals surface area contributed by atoms with Gasteiger partial charge >= 0.3 is 0 Å². The summed E-state index contributed by atoms with van der Waals surface area (Å²) in [6.07, 6.45) is 9.25. The maximum atomic E-state index is 6.43. The zero-order chi connectivity index (χ0) is 13.9. The van der Waals surface area contributed by atoms with Gasteiger partial charge in [0.25, 0.3) is 0 Å².